The second-order valence-corrected chi connectivity index (χ2v) is 5.92. The molecule has 1 rings (SSSR count). The second-order valence-electron chi connectivity index (χ2n) is 5.92. The van der Waals surface area contributed by atoms with E-state index in [4.69, 9.17) is 5.26 Å². The van der Waals surface area contributed by atoms with Gasteiger partial charge in [0.15, 0.2) is 0 Å². The van der Waals surface area contributed by atoms with Crippen LogP contribution >= 0.6 is 0 Å². The van der Waals surface area contributed by atoms with Crippen molar-refractivity contribution in [2.45, 2.75) is 65.3 Å². The van der Waals surface area contributed by atoms with Crippen LogP contribution in [0.1, 0.15) is 59.3 Å². The van der Waals surface area contributed by atoms with Crippen molar-refractivity contribution in [2.75, 3.05) is 6.54 Å². The van der Waals surface area contributed by atoms with Crippen LogP contribution in [-0.4, -0.2) is 12.6 Å². The SMILES string of the molecule is CC1CCCC1NCCCCC(C)(C)C#N. The fraction of sp³-hybridized carbons (Fsp3) is 0.929. The van der Waals surface area contributed by atoms with Gasteiger partial charge in [0, 0.05) is 6.04 Å². The quantitative estimate of drug-likeness (QED) is 0.698. The summed E-state index contributed by atoms with van der Waals surface area (Å²) in [7, 11) is 0. The van der Waals surface area contributed by atoms with Crippen molar-refractivity contribution in [3.63, 3.8) is 0 Å². The topological polar surface area (TPSA) is 35.8 Å². The lowest BCUT2D eigenvalue weighted by molar-refractivity contribution is 0.394. The smallest absolute Gasteiger partial charge is 0.0683 e. The Morgan fingerprint density at radius 3 is 2.62 bits per heavy atom. The fourth-order valence-corrected chi connectivity index (χ4v) is 2.48. The lowest BCUT2D eigenvalue weighted by Crippen LogP contribution is -2.31. The average molecular weight is 222 g/mol. The Morgan fingerprint density at radius 2 is 2.06 bits per heavy atom. The predicted molar refractivity (Wildman–Crippen MR) is 68.1 cm³/mol. The van der Waals surface area contributed by atoms with E-state index in [1.54, 1.807) is 0 Å². The van der Waals surface area contributed by atoms with Crippen LogP contribution < -0.4 is 5.32 Å². The molecule has 2 heteroatoms. The van der Waals surface area contributed by atoms with E-state index in [-0.39, 0.29) is 5.41 Å². The number of nitriles is 1. The minimum atomic E-state index is -0.138. The minimum absolute atomic E-state index is 0.138. The summed E-state index contributed by atoms with van der Waals surface area (Å²) in [4.78, 5) is 0. The van der Waals surface area contributed by atoms with E-state index in [2.05, 4.69) is 18.3 Å². The molecule has 2 atom stereocenters. The van der Waals surface area contributed by atoms with Crippen molar-refractivity contribution < 1.29 is 0 Å². The van der Waals surface area contributed by atoms with Crippen molar-refractivity contribution in [1.29, 1.82) is 5.26 Å². The van der Waals surface area contributed by atoms with Crippen molar-refractivity contribution in [2.24, 2.45) is 11.3 Å². The van der Waals surface area contributed by atoms with Gasteiger partial charge in [-0.3, -0.25) is 0 Å². The lowest BCUT2D eigenvalue weighted by Gasteiger charge is -2.18. The van der Waals surface area contributed by atoms with E-state index in [0.29, 0.717) is 0 Å². The molecular weight excluding hydrogens is 196 g/mol. The van der Waals surface area contributed by atoms with Crippen molar-refractivity contribution in [3.05, 3.63) is 0 Å². The standard InChI is InChI=1S/C14H26N2/c1-12-7-6-8-13(12)16-10-5-4-9-14(2,3)11-15/h12-13,16H,4-10H2,1-3H3. The van der Waals surface area contributed by atoms with Crippen LogP contribution in [0.2, 0.25) is 0 Å². The van der Waals surface area contributed by atoms with Crippen LogP contribution in [0.3, 0.4) is 0 Å². The maximum absolute atomic E-state index is 8.89. The third-order valence-electron chi connectivity index (χ3n) is 3.80. The Labute approximate surface area is 100 Å². The van der Waals surface area contributed by atoms with E-state index >= 15 is 0 Å². The first-order valence-electron chi connectivity index (χ1n) is 6.70. The zero-order valence-electron chi connectivity index (χ0n) is 11.1. The van der Waals surface area contributed by atoms with Crippen LogP contribution in [0.15, 0.2) is 0 Å². The molecule has 0 spiro atoms. The van der Waals surface area contributed by atoms with Gasteiger partial charge in [0.25, 0.3) is 0 Å². The van der Waals surface area contributed by atoms with Gasteiger partial charge in [-0.15, -0.1) is 0 Å². The molecular formula is C14H26N2. The highest BCUT2D eigenvalue weighted by Gasteiger charge is 2.22. The van der Waals surface area contributed by atoms with Crippen LogP contribution in [0, 0.1) is 22.7 Å². The molecule has 1 saturated carbocycles. The first-order chi connectivity index (χ1) is 7.55. The zero-order chi connectivity index (χ0) is 12.0. The van der Waals surface area contributed by atoms with Gasteiger partial charge in [0.2, 0.25) is 0 Å². The number of hydrogen-bond donors (Lipinski definition) is 1. The molecule has 0 radical (unpaired) electrons. The van der Waals surface area contributed by atoms with E-state index in [1.807, 2.05) is 13.8 Å². The molecule has 92 valence electrons. The van der Waals surface area contributed by atoms with Gasteiger partial charge in [0.1, 0.15) is 0 Å². The van der Waals surface area contributed by atoms with Gasteiger partial charge in [0.05, 0.1) is 11.5 Å². The molecule has 1 fully saturated rings. The number of nitrogens with zero attached hydrogens (tertiary/aromatic N) is 1. The highest BCUT2D eigenvalue weighted by molar-refractivity contribution is 4.91. The summed E-state index contributed by atoms with van der Waals surface area (Å²) >= 11 is 0. The summed E-state index contributed by atoms with van der Waals surface area (Å²) in [5, 5.41) is 12.5. The van der Waals surface area contributed by atoms with Crippen LogP contribution in [0.4, 0.5) is 0 Å². The van der Waals surface area contributed by atoms with Crippen molar-refractivity contribution in [1.82, 2.24) is 5.32 Å². The maximum atomic E-state index is 8.89. The summed E-state index contributed by atoms with van der Waals surface area (Å²) in [6.07, 6.45) is 7.51. The number of rotatable bonds is 6. The number of unbranched alkanes of at least 4 members (excludes halogenated alkanes) is 1. The molecule has 1 aliphatic rings. The Kier molecular flexibility index (Phi) is 5.28. The molecule has 16 heavy (non-hydrogen) atoms. The molecule has 1 N–H and O–H groups in total. The normalized spacial score (nSPS) is 25.6. The van der Waals surface area contributed by atoms with Crippen molar-refractivity contribution in [3.8, 4) is 6.07 Å². The maximum Gasteiger partial charge on any atom is 0.0683 e. The van der Waals surface area contributed by atoms with Gasteiger partial charge < -0.3 is 5.32 Å². The molecule has 0 aliphatic heterocycles. The van der Waals surface area contributed by atoms with Crippen LogP contribution in [-0.2, 0) is 0 Å². The molecule has 1 aliphatic carbocycles. The largest absolute Gasteiger partial charge is 0.314 e. The molecule has 0 bridgehead atoms. The third kappa shape index (κ3) is 4.53. The van der Waals surface area contributed by atoms with E-state index < -0.39 is 0 Å². The van der Waals surface area contributed by atoms with Crippen LogP contribution in [0.5, 0.6) is 0 Å². The first kappa shape index (κ1) is 13.5. The third-order valence-corrected chi connectivity index (χ3v) is 3.80. The summed E-state index contributed by atoms with van der Waals surface area (Å²) < 4.78 is 0. The summed E-state index contributed by atoms with van der Waals surface area (Å²) in [6, 6.07) is 3.11. The Balaban J connectivity index is 2.02. The molecule has 0 saturated heterocycles. The van der Waals surface area contributed by atoms with Gasteiger partial charge in [-0.2, -0.15) is 5.26 Å². The molecule has 0 amide bonds. The van der Waals surface area contributed by atoms with Crippen molar-refractivity contribution >= 4 is 0 Å². The fourth-order valence-electron chi connectivity index (χ4n) is 2.48. The Hall–Kier alpha value is -0.550. The Bertz CT molecular complexity index is 240. The molecule has 2 unspecified atom stereocenters. The zero-order valence-corrected chi connectivity index (χ0v) is 11.1. The Morgan fingerprint density at radius 1 is 1.31 bits per heavy atom. The highest BCUT2D eigenvalue weighted by Crippen LogP contribution is 2.25. The van der Waals surface area contributed by atoms with E-state index in [1.165, 1.54) is 25.7 Å². The number of hydrogen-bond acceptors (Lipinski definition) is 2. The summed E-state index contributed by atoms with van der Waals surface area (Å²) in [5.74, 6) is 0.857. The summed E-state index contributed by atoms with van der Waals surface area (Å²) in [5.41, 5.74) is -0.138. The lowest BCUT2D eigenvalue weighted by atomic mass is 9.89. The van der Waals surface area contributed by atoms with Gasteiger partial charge in [-0.25, -0.2) is 0 Å². The molecule has 0 heterocycles. The predicted octanol–water partition coefficient (Wildman–Crippen LogP) is 3.48. The summed E-state index contributed by atoms with van der Waals surface area (Å²) in [6.45, 7) is 7.53. The van der Waals surface area contributed by atoms with Gasteiger partial charge in [-0.05, 0) is 52.0 Å². The second kappa shape index (κ2) is 6.25. The van der Waals surface area contributed by atoms with Crippen LogP contribution in [0.25, 0.3) is 0 Å². The molecule has 0 aromatic rings. The minimum Gasteiger partial charge on any atom is -0.314 e. The molecule has 0 aromatic heterocycles. The average Bonchev–Trinajstić information content (AvgIpc) is 2.64. The molecule has 2 nitrogen and oxygen atoms in total. The molecule has 0 aromatic carbocycles. The van der Waals surface area contributed by atoms with Gasteiger partial charge in [-0.1, -0.05) is 19.8 Å². The first-order valence-corrected chi connectivity index (χ1v) is 6.70. The number of nitrogens with one attached hydrogen (secondary N) is 1. The van der Waals surface area contributed by atoms with Gasteiger partial charge >= 0.3 is 0 Å². The monoisotopic (exact) mass is 222 g/mol. The van der Waals surface area contributed by atoms with E-state index in [0.717, 1.165) is 31.3 Å². The highest BCUT2D eigenvalue weighted by atomic mass is 14.9. The van der Waals surface area contributed by atoms with E-state index in [9.17, 15) is 0 Å².